The van der Waals surface area contributed by atoms with E-state index in [1.165, 1.54) is 20.8 Å². The molecule has 0 bridgehead atoms. The van der Waals surface area contributed by atoms with Crippen molar-refractivity contribution in [2.45, 2.75) is 65.0 Å². The predicted octanol–water partition coefficient (Wildman–Crippen LogP) is 3.10. The molecule has 0 aliphatic carbocycles. The molecule has 1 heterocycles. The molecule has 4 atom stereocenters. The Hall–Kier alpha value is -3.76. The zero-order valence-electron chi connectivity index (χ0n) is 20.9. The Bertz CT molecular complexity index is 1080. The quantitative estimate of drug-likeness (QED) is 0.345. The van der Waals surface area contributed by atoms with Crippen LogP contribution in [0.15, 0.2) is 54.6 Å². The van der Waals surface area contributed by atoms with E-state index < -0.39 is 48.5 Å². The van der Waals surface area contributed by atoms with Gasteiger partial charge in [-0.25, -0.2) is 4.79 Å². The van der Waals surface area contributed by atoms with Crippen molar-refractivity contribution in [1.82, 2.24) is 0 Å². The Balaban J connectivity index is 1.70. The van der Waals surface area contributed by atoms with E-state index in [9.17, 15) is 19.2 Å². The maximum Gasteiger partial charge on any atom is 0.338 e. The van der Waals surface area contributed by atoms with E-state index in [4.69, 9.17) is 28.4 Å². The smallest absolute Gasteiger partial charge is 0.338 e. The van der Waals surface area contributed by atoms with Crippen LogP contribution in [-0.2, 0) is 56.0 Å². The van der Waals surface area contributed by atoms with Gasteiger partial charge >= 0.3 is 23.9 Å². The lowest BCUT2D eigenvalue weighted by atomic mass is 10.0. The van der Waals surface area contributed by atoms with Gasteiger partial charge in [0.05, 0.1) is 12.2 Å². The number of carbonyl (C=O) groups is 4. The molecule has 2 aromatic carbocycles. The van der Waals surface area contributed by atoms with Gasteiger partial charge in [0, 0.05) is 27.2 Å². The fourth-order valence-corrected chi connectivity index (χ4v) is 3.83. The first-order valence-electron chi connectivity index (χ1n) is 11.8. The van der Waals surface area contributed by atoms with Gasteiger partial charge in [-0.15, -0.1) is 0 Å². The van der Waals surface area contributed by atoms with E-state index in [0.717, 1.165) is 5.56 Å². The second-order valence-corrected chi connectivity index (χ2v) is 8.39. The first-order chi connectivity index (χ1) is 17.7. The van der Waals surface area contributed by atoms with Crippen LogP contribution in [0.3, 0.4) is 0 Å². The summed E-state index contributed by atoms with van der Waals surface area (Å²) in [5.74, 6) is -2.25. The average Bonchev–Trinajstić information content (AvgIpc) is 2.86. The molecule has 10 heteroatoms. The molecular weight excluding hydrogens is 484 g/mol. The highest BCUT2D eigenvalue weighted by molar-refractivity contribution is 5.91. The van der Waals surface area contributed by atoms with Gasteiger partial charge in [-0.3, -0.25) is 14.4 Å². The minimum Gasteiger partial charge on any atom is -0.463 e. The van der Waals surface area contributed by atoms with Crippen LogP contribution in [-0.4, -0.2) is 55.1 Å². The Labute approximate surface area is 214 Å². The normalized spacial score (nSPS) is 20.9. The van der Waals surface area contributed by atoms with Crippen LogP contribution in [0.2, 0.25) is 0 Å². The maximum atomic E-state index is 12.7. The molecule has 10 nitrogen and oxygen atoms in total. The van der Waals surface area contributed by atoms with Crippen molar-refractivity contribution in [2.75, 3.05) is 6.61 Å². The molecule has 37 heavy (non-hydrogen) atoms. The molecular formula is C27H30O10. The third kappa shape index (κ3) is 8.69. The molecule has 0 unspecified atom stereocenters. The third-order valence-corrected chi connectivity index (χ3v) is 5.43. The standard InChI is InChI=1S/C27H30O10/c1-17(28)32-16-24-26(36-19(3)30)23(35-18(2)29)13-25(37-24)33-15-21-11-7-8-12-22(21)27(31)34-14-20-9-5-4-6-10-20/h4-12,23-26H,13-16H2,1-3H3/t23-,24-,25+,26+/m1/s1. The molecule has 1 aliphatic heterocycles. The van der Waals surface area contributed by atoms with Gasteiger partial charge < -0.3 is 28.4 Å². The van der Waals surface area contributed by atoms with E-state index in [0.29, 0.717) is 11.1 Å². The predicted molar refractivity (Wildman–Crippen MR) is 128 cm³/mol. The maximum absolute atomic E-state index is 12.7. The molecule has 1 aliphatic rings. The molecule has 3 rings (SSSR count). The summed E-state index contributed by atoms with van der Waals surface area (Å²) in [7, 11) is 0. The fourth-order valence-electron chi connectivity index (χ4n) is 3.83. The lowest BCUT2D eigenvalue weighted by molar-refractivity contribution is -0.269. The monoisotopic (exact) mass is 514 g/mol. The Kier molecular flexibility index (Phi) is 10.2. The number of esters is 4. The summed E-state index contributed by atoms with van der Waals surface area (Å²) in [4.78, 5) is 47.5. The summed E-state index contributed by atoms with van der Waals surface area (Å²) in [5, 5.41) is 0. The Morgan fingerprint density at radius 2 is 1.49 bits per heavy atom. The molecule has 0 spiro atoms. The van der Waals surface area contributed by atoms with Gasteiger partial charge in [0.25, 0.3) is 0 Å². The Morgan fingerprint density at radius 3 is 2.16 bits per heavy atom. The van der Waals surface area contributed by atoms with Crippen LogP contribution >= 0.6 is 0 Å². The highest BCUT2D eigenvalue weighted by Gasteiger charge is 2.44. The molecule has 0 saturated carbocycles. The first-order valence-corrected chi connectivity index (χ1v) is 11.8. The lowest BCUT2D eigenvalue weighted by Crippen LogP contribution is -2.54. The summed E-state index contributed by atoms with van der Waals surface area (Å²) in [6.07, 6.45) is -3.70. The van der Waals surface area contributed by atoms with E-state index in [-0.39, 0.29) is 26.2 Å². The number of hydrogen-bond acceptors (Lipinski definition) is 10. The number of ether oxygens (including phenoxy) is 6. The molecule has 1 fully saturated rings. The Morgan fingerprint density at radius 1 is 0.811 bits per heavy atom. The number of rotatable bonds is 10. The highest BCUT2D eigenvalue weighted by Crippen LogP contribution is 2.28. The van der Waals surface area contributed by atoms with Crippen molar-refractivity contribution in [3.05, 3.63) is 71.3 Å². The largest absolute Gasteiger partial charge is 0.463 e. The van der Waals surface area contributed by atoms with Crippen molar-refractivity contribution in [1.29, 1.82) is 0 Å². The van der Waals surface area contributed by atoms with Crippen LogP contribution in [0.1, 0.15) is 48.7 Å². The van der Waals surface area contributed by atoms with Crippen LogP contribution < -0.4 is 0 Å². The molecule has 0 aromatic heterocycles. The van der Waals surface area contributed by atoms with Crippen LogP contribution in [0.4, 0.5) is 0 Å². The van der Waals surface area contributed by atoms with E-state index >= 15 is 0 Å². The van der Waals surface area contributed by atoms with Crippen molar-refractivity contribution in [3.63, 3.8) is 0 Å². The van der Waals surface area contributed by atoms with Crippen molar-refractivity contribution in [2.24, 2.45) is 0 Å². The molecule has 2 aromatic rings. The van der Waals surface area contributed by atoms with Gasteiger partial charge in [0.15, 0.2) is 12.4 Å². The summed E-state index contributed by atoms with van der Waals surface area (Å²) in [6, 6.07) is 16.2. The van der Waals surface area contributed by atoms with Crippen LogP contribution in [0.25, 0.3) is 0 Å². The second-order valence-electron chi connectivity index (χ2n) is 8.39. The van der Waals surface area contributed by atoms with Crippen molar-refractivity contribution >= 4 is 23.9 Å². The highest BCUT2D eigenvalue weighted by atomic mass is 16.7. The molecule has 0 amide bonds. The fraction of sp³-hybridized carbons (Fsp3) is 0.407. The summed E-state index contributed by atoms with van der Waals surface area (Å²) in [6.45, 7) is 3.54. The van der Waals surface area contributed by atoms with Crippen LogP contribution in [0, 0.1) is 0 Å². The summed E-state index contributed by atoms with van der Waals surface area (Å²) < 4.78 is 33.0. The van der Waals surface area contributed by atoms with Gasteiger partial charge in [0.2, 0.25) is 0 Å². The lowest BCUT2D eigenvalue weighted by Gasteiger charge is -2.39. The third-order valence-electron chi connectivity index (χ3n) is 5.43. The topological polar surface area (TPSA) is 124 Å². The van der Waals surface area contributed by atoms with Gasteiger partial charge in [-0.2, -0.15) is 0 Å². The SMILES string of the molecule is CC(=O)OC[C@H]1O[C@H](OCc2ccccc2C(=O)OCc2ccccc2)C[C@@H](OC(C)=O)[C@@H]1OC(C)=O. The van der Waals surface area contributed by atoms with Crippen LogP contribution in [0.5, 0.6) is 0 Å². The van der Waals surface area contributed by atoms with E-state index in [1.54, 1.807) is 24.3 Å². The zero-order valence-corrected chi connectivity index (χ0v) is 20.9. The summed E-state index contributed by atoms with van der Waals surface area (Å²) in [5.41, 5.74) is 1.75. The minimum absolute atomic E-state index is 0.0212. The van der Waals surface area contributed by atoms with Gasteiger partial charge in [-0.1, -0.05) is 48.5 Å². The molecule has 1 saturated heterocycles. The van der Waals surface area contributed by atoms with Gasteiger partial charge in [-0.05, 0) is 17.2 Å². The molecule has 0 radical (unpaired) electrons. The van der Waals surface area contributed by atoms with Crippen molar-refractivity contribution < 1.29 is 47.6 Å². The van der Waals surface area contributed by atoms with Crippen molar-refractivity contribution in [3.8, 4) is 0 Å². The zero-order chi connectivity index (χ0) is 26.8. The first kappa shape index (κ1) is 27.8. The van der Waals surface area contributed by atoms with E-state index in [1.807, 2.05) is 30.3 Å². The summed E-state index contributed by atoms with van der Waals surface area (Å²) >= 11 is 0. The number of hydrogen-bond donors (Lipinski definition) is 0. The second kappa shape index (κ2) is 13.5. The number of carbonyl (C=O) groups excluding carboxylic acids is 4. The van der Waals surface area contributed by atoms with E-state index in [2.05, 4.69) is 0 Å². The molecule has 198 valence electrons. The van der Waals surface area contributed by atoms with Gasteiger partial charge in [0.1, 0.15) is 25.4 Å². The number of benzene rings is 2. The average molecular weight is 515 g/mol. The molecule has 0 N–H and O–H groups in total. The minimum atomic E-state index is -0.999.